The second kappa shape index (κ2) is 7.05. The highest BCUT2D eigenvalue weighted by Crippen LogP contribution is 2.36. The smallest absolute Gasteiger partial charge is 0.314 e. The molecule has 0 radical (unpaired) electrons. The lowest BCUT2D eigenvalue weighted by Gasteiger charge is -2.40. The zero-order valence-electron chi connectivity index (χ0n) is 12.9. The van der Waals surface area contributed by atoms with E-state index in [0.29, 0.717) is 18.8 Å². The van der Waals surface area contributed by atoms with Crippen molar-refractivity contribution in [2.24, 2.45) is 5.92 Å². The standard InChI is InChI=1S/C17H25NO3/c1-14(13-21-2)12-18-10-8-17(9-11-18,16(19)20)15-6-4-3-5-7-15/h3-7,14H,8-13H2,1-2H3,(H,19,20). The molecular formula is C17H25NO3. The first kappa shape index (κ1) is 16.0. The van der Waals surface area contributed by atoms with E-state index in [1.54, 1.807) is 7.11 Å². The maximum Gasteiger partial charge on any atom is 0.314 e. The third-order valence-corrected chi connectivity index (χ3v) is 4.47. The van der Waals surface area contributed by atoms with Gasteiger partial charge in [0.15, 0.2) is 0 Å². The zero-order chi connectivity index (χ0) is 15.3. The van der Waals surface area contributed by atoms with Gasteiger partial charge in [0.25, 0.3) is 0 Å². The lowest BCUT2D eigenvalue weighted by Crippen LogP contribution is -2.48. The van der Waals surface area contributed by atoms with Crippen LogP contribution in [-0.2, 0) is 14.9 Å². The molecule has 4 nitrogen and oxygen atoms in total. The molecule has 21 heavy (non-hydrogen) atoms. The van der Waals surface area contributed by atoms with Gasteiger partial charge in [-0.2, -0.15) is 0 Å². The van der Waals surface area contributed by atoms with Crippen LogP contribution in [0, 0.1) is 5.92 Å². The minimum atomic E-state index is -0.720. The Bertz CT molecular complexity index is 452. The average Bonchev–Trinajstić information content (AvgIpc) is 2.49. The van der Waals surface area contributed by atoms with Crippen molar-refractivity contribution in [1.82, 2.24) is 4.90 Å². The number of hydrogen-bond acceptors (Lipinski definition) is 3. The third kappa shape index (κ3) is 3.63. The minimum Gasteiger partial charge on any atom is -0.481 e. The molecule has 2 rings (SSSR count). The van der Waals surface area contributed by atoms with Crippen LogP contribution in [0.1, 0.15) is 25.3 Å². The van der Waals surface area contributed by atoms with Crippen molar-refractivity contribution in [2.75, 3.05) is 33.4 Å². The summed E-state index contributed by atoms with van der Waals surface area (Å²) in [5, 5.41) is 9.76. The molecule has 1 aliphatic heterocycles. The number of carboxylic acid groups (broad SMARTS) is 1. The minimum absolute atomic E-state index is 0.476. The van der Waals surface area contributed by atoms with Crippen molar-refractivity contribution in [1.29, 1.82) is 0 Å². The third-order valence-electron chi connectivity index (χ3n) is 4.47. The predicted octanol–water partition coefficient (Wildman–Crippen LogP) is 2.39. The van der Waals surface area contributed by atoms with Crippen molar-refractivity contribution >= 4 is 5.97 Å². The predicted molar refractivity (Wildman–Crippen MR) is 82.5 cm³/mol. The number of carbonyl (C=O) groups is 1. The quantitative estimate of drug-likeness (QED) is 0.874. The highest BCUT2D eigenvalue weighted by Gasteiger charge is 2.42. The molecule has 116 valence electrons. The summed E-state index contributed by atoms with van der Waals surface area (Å²) >= 11 is 0. The van der Waals surface area contributed by atoms with E-state index in [4.69, 9.17) is 4.74 Å². The van der Waals surface area contributed by atoms with Crippen LogP contribution in [0.4, 0.5) is 0 Å². The van der Waals surface area contributed by atoms with Gasteiger partial charge < -0.3 is 14.7 Å². The topological polar surface area (TPSA) is 49.8 Å². The Kier molecular flexibility index (Phi) is 5.37. The number of methoxy groups -OCH3 is 1. The summed E-state index contributed by atoms with van der Waals surface area (Å²) in [6, 6.07) is 9.66. The number of benzene rings is 1. The normalized spacial score (nSPS) is 20.1. The number of likely N-dealkylation sites (tertiary alicyclic amines) is 1. The van der Waals surface area contributed by atoms with Crippen LogP contribution in [0.3, 0.4) is 0 Å². The van der Waals surface area contributed by atoms with Crippen LogP contribution in [0.2, 0.25) is 0 Å². The van der Waals surface area contributed by atoms with E-state index < -0.39 is 11.4 Å². The summed E-state index contributed by atoms with van der Waals surface area (Å²) < 4.78 is 5.17. The van der Waals surface area contributed by atoms with Gasteiger partial charge in [-0.3, -0.25) is 4.79 Å². The first-order valence-corrected chi connectivity index (χ1v) is 7.58. The Morgan fingerprint density at radius 1 is 1.33 bits per heavy atom. The summed E-state index contributed by atoms with van der Waals surface area (Å²) in [4.78, 5) is 14.2. The number of nitrogens with zero attached hydrogens (tertiary/aromatic N) is 1. The van der Waals surface area contributed by atoms with Gasteiger partial charge in [0.05, 0.1) is 5.41 Å². The van der Waals surface area contributed by atoms with E-state index in [0.717, 1.165) is 31.8 Å². The summed E-state index contributed by atoms with van der Waals surface area (Å²) in [5.74, 6) is -0.220. The molecule has 1 saturated heterocycles. The largest absolute Gasteiger partial charge is 0.481 e. The molecule has 0 spiro atoms. The lowest BCUT2D eigenvalue weighted by molar-refractivity contribution is -0.146. The van der Waals surface area contributed by atoms with Crippen LogP contribution in [-0.4, -0.2) is 49.3 Å². The van der Waals surface area contributed by atoms with E-state index in [1.807, 2.05) is 30.3 Å². The van der Waals surface area contributed by atoms with Gasteiger partial charge in [-0.05, 0) is 37.4 Å². The molecule has 1 aromatic carbocycles. The number of aliphatic carboxylic acids is 1. The maximum atomic E-state index is 11.9. The van der Waals surface area contributed by atoms with Crippen LogP contribution in [0.15, 0.2) is 30.3 Å². The Morgan fingerprint density at radius 2 is 1.95 bits per heavy atom. The SMILES string of the molecule is COCC(C)CN1CCC(C(=O)O)(c2ccccc2)CC1. The number of hydrogen-bond donors (Lipinski definition) is 1. The number of ether oxygens (including phenoxy) is 1. The molecule has 1 N–H and O–H groups in total. The highest BCUT2D eigenvalue weighted by molar-refractivity contribution is 5.81. The summed E-state index contributed by atoms with van der Waals surface area (Å²) in [6.07, 6.45) is 1.35. The van der Waals surface area contributed by atoms with E-state index in [1.165, 1.54) is 0 Å². The summed E-state index contributed by atoms with van der Waals surface area (Å²) in [7, 11) is 1.72. The van der Waals surface area contributed by atoms with Gasteiger partial charge in [-0.25, -0.2) is 0 Å². The molecule has 4 heteroatoms. The van der Waals surface area contributed by atoms with E-state index in [9.17, 15) is 9.90 Å². The molecular weight excluding hydrogens is 266 g/mol. The molecule has 1 atom stereocenters. The fourth-order valence-corrected chi connectivity index (χ4v) is 3.28. The van der Waals surface area contributed by atoms with E-state index in [2.05, 4.69) is 11.8 Å². The Hall–Kier alpha value is -1.39. The first-order chi connectivity index (χ1) is 10.1. The molecule has 1 fully saturated rings. The average molecular weight is 291 g/mol. The summed E-state index contributed by atoms with van der Waals surface area (Å²) in [5.41, 5.74) is 0.213. The molecule has 0 aromatic heterocycles. The van der Waals surface area contributed by atoms with Gasteiger partial charge in [-0.15, -0.1) is 0 Å². The van der Waals surface area contributed by atoms with Gasteiger partial charge in [0, 0.05) is 20.3 Å². The van der Waals surface area contributed by atoms with Crippen LogP contribution < -0.4 is 0 Å². The van der Waals surface area contributed by atoms with Crippen molar-refractivity contribution in [3.8, 4) is 0 Å². The molecule has 1 heterocycles. The van der Waals surface area contributed by atoms with E-state index in [-0.39, 0.29) is 0 Å². The first-order valence-electron chi connectivity index (χ1n) is 7.58. The molecule has 1 aromatic rings. The Morgan fingerprint density at radius 3 is 2.48 bits per heavy atom. The summed E-state index contributed by atoms with van der Waals surface area (Å²) in [6.45, 7) is 5.54. The number of rotatable bonds is 6. The Labute approximate surface area is 126 Å². The van der Waals surface area contributed by atoms with Crippen molar-refractivity contribution in [3.05, 3.63) is 35.9 Å². The maximum absolute atomic E-state index is 11.9. The number of carboxylic acids is 1. The van der Waals surface area contributed by atoms with Crippen LogP contribution in [0.25, 0.3) is 0 Å². The van der Waals surface area contributed by atoms with Crippen molar-refractivity contribution in [3.63, 3.8) is 0 Å². The molecule has 1 unspecified atom stereocenters. The van der Waals surface area contributed by atoms with E-state index >= 15 is 0 Å². The molecule has 0 saturated carbocycles. The molecule has 0 bridgehead atoms. The zero-order valence-corrected chi connectivity index (χ0v) is 12.9. The second-order valence-corrected chi connectivity index (χ2v) is 6.11. The van der Waals surface area contributed by atoms with Gasteiger partial charge >= 0.3 is 5.97 Å². The van der Waals surface area contributed by atoms with Gasteiger partial charge in [0.1, 0.15) is 0 Å². The molecule has 0 amide bonds. The monoisotopic (exact) mass is 291 g/mol. The fraction of sp³-hybridized carbons (Fsp3) is 0.588. The van der Waals surface area contributed by atoms with Gasteiger partial charge in [-0.1, -0.05) is 37.3 Å². The molecule has 0 aliphatic carbocycles. The fourth-order valence-electron chi connectivity index (χ4n) is 3.28. The highest BCUT2D eigenvalue weighted by atomic mass is 16.5. The Balaban J connectivity index is 2.04. The lowest BCUT2D eigenvalue weighted by atomic mass is 9.72. The van der Waals surface area contributed by atoms with Crippen molar-refractivity contribution < 1.29 is 14.6 Å². The van der Waals surface area contributed by atoms with Crippen LogP contribution in [0.5, 0.6) is 0 Å². The van der Waals surface area contributed by atoms with Crippen LogP contribution >= 0.6 is 0 Å². The second-order valence-electron chi connectivity index (χ2n) is 6.11. The van der Waals surface area contributed by atoms with Crippen molar-refractivity contribution in [2.45, 2.75) is 25.2 Å². The van der Waals surface area contributed by atoms with Gasteiger partial charge in [0.2, 0.25) is 0 Å². The number of piperidine rings is 1. The molecule has 1 aliphatic rings.